The molecule has 3 heterocycles. The van der Waals surface area contributed by atoms with Gasteiger partial charge in [-0.25, -0.2) is 15.0 Å². The van der Waals surface area contributed by atoms with Crippen molar-refractivity contribution in [3.05, 3.63) is 58.9 Å². The number of carbonyl (C=O) groups is 1. The highest BCUT2D eigenvalue weighted by Crippen LogP contribution is 2.30. The van der Waals surface area contributed by atoms with E-state index in [9.17, 15) is 4.79 Å². The summed E-state index contributed by atoms with van der Waals surface area (Å²) < 4.78 is 0. The standard InChI is InChI=1S/C18H15N5OS/c1-10-16(25-11(2)20-10)17-21-13-7-5-6-12(15(13)23-17)18(24)22-14-8-3-4-9-19-14/h3-9H,1-2H3,(H,21,23)(H,19,22,24). The van der Waals surface area contributed by atoms with Crippen LogP contribution in [0.25, 0.3) is 21.7 Å². The van der Waals surface area contributed by atoms with Crippen molar-refractivity contribution < 1.29 is 4.79 Å². The lowest BCUT2D eigenvalue weighted by molar-refractivity contribution is 0.102. The lowest BCUT2D eigenvalue weighted by Gasteiger charge is -2.04. The Bertz CT molecular complexity index is 1070. The molecule has 0 radical (unpaired) electrons. The van der Waals surface area contributed by atoms with Crippen LogP contribution in [0.1, 0.15) is 21.1 Å². The maximum Gasteiger partial charge on any atom is 0.259 e. The number of aromatic nitrogens is 4. The number of thiazole rings is 1. The number of aryl methyl sites for hydroxylation is 2. The SMILES string of the molecule is Cc1nc(C)c(-c2nc3c(C(=O)Nc4ccccn4)cccc3[nH]2)s1. The Morgan fingerprint density at radius 1 is 1.12 bits per heavy atom. The molecule has 7 heteroatoms. The number of hydrogen-bond donors (Lipinski definition) is 2. The summed E-state index contributed by atoms with van der Waals surface area (Å²) in [6, 6.07) is 10.9. The molecular weight excluding hydrogens is 334 g/mol. The van der Waals surface area contributed by atoms with E-state index in [0.29, 0.717) is 16.9 Å². The van der Waals surface area contributed by atoms with Crippen molar-refractivity contribution >= 4 is 34.1 Å². The largest absolute Gasteiger partial charge is 0.337 e. The number of pyridine rings is 1. The second-order valence-electron chi connectivity index (χ2n) is 5.60. The van der Waals surface area contributed by atoms with Gasteiger partial charge in [-0.2, -0.15) is 0 Å². The molecule has 0 aliphatic carbocycles. The molecule has 0 bridgehead atoms. The molecule has 25 heavy (non-hydrogen) atoms. The number of rotatable bonds is 3. The van der Waals surface area contributed by atoms with E-state index >= 15 is 0 Å². The first-order valence-electron chi connectivity index (χ1n) is 7.77. The predicted molar refractivity (Wildman–Crippen MR) is 98.9 cm³/mol. The van der Waals surface area contributed by atoms with Gasteiger partial charge in [0.05, 0.1) is 26.7 Å². The number of hydrogen-bond acceptors (Lipinski definition) is 5. The first-order valence-corrected chi connectivity index (χ1v) is 8.59. The van der Waals surface area contributed by atoms with E-state index in [1.807, 2.05) is 32.0 Å². The fourth-order valence-electron chi connectivity index (χ4n) is 2.69. The van der Waals surface area contributed by atoms with Crippen molar-refractivity contribution in [2.45, 2.75) is 13.8 Å². The normalized spacial score (nSPS) is 11.0. The summed E-state index contributed by atoms with van der Waals surface area (Å²) in [5.41, 5.74) is 2.89. The summed E-state index contributed by atoms with van der Waals surface area (Å²) in [5.74, 6) is 1.00. The molecular formula is C18H15N5OS. The van der Waals surface area contributed by atoms with E-state index in [1.54, 1.807) is 35.7 Å². The van der Waals surface area contributed by atoms with Gasteiger partial charge in [-0.3, -0.25) is 4.79 Å². The molecule has 0 unspecified atom stereocenters. The molecule has 0 aliphatic rings. The lowest BCUT2D eigenvalue weighted by atomic mass is 10.1. The Balaban J connectivity index is 1.75. The summed E-state index contributed by atoms with van der Waals surface area (Å²) in [7, 11) is 0. The van der Waals surface area contributed by atoms with Gasteiger partial charge in [0.25, 0.3) is 5.91 Å². The van der Waals surface area contributed by atoms with Crippen LogP contribution in [0, 0.1) is 13.8 Å². The van der Waals surface area contributed by atoms with Gasteiger partial charge in [0.2, 0.25) is 0 Å². The van der Waals surface area contributed by atoms with Crippen molar-refractivity contribution in [1.29, 1.82) is 0 Å². The van der Waals surface area contributed by atoms with Crippen LogP contribution in [-0.4, -0.2) is 25.8 Å². The smallest absolute Gasteiger partial charge is 0.259 e. The minimum absolute atomic E-state index is 0.237. The van der Waals surface area contributed by atoms with Gasteiger partial charge >= 0.3 is 0 Å². The van der Waals surface area contributed by atoms with Gasteiger partial charge in [0.15, 0.2) is 5.82 Å². The third-order valence-electron chi connectivity index (χ3n) is 3.78. The Labute approximate surface area is 148 Å². The first-order chi connectivity index (χ1) is 12.1. The quantitative estimate of drug-likeness (QED) is 0.586. The Morgan fingerprint density at radius 2 is 2.00 bits per heavy atom. The number of fused-ring (bicyclic) bond motifs is 1. The van der Waals surface area contributed by atoms with E-state index in [2.05, 4.69) is 25.3 Å². The third kappa shape index (κ3) is 2.89. The summed E-state index contributed by atoms with van der Waals surface area (Å²) >= 11 is 1.58. The molecule has 0 spiro atoms. The summed E-state index contributed by atoms with van der Waals surface area (Å²) in [6.45, 7) is 3.93. The van der Waals surface area contributed by atoms with Crippen molar-refractivity contribution in [2.75, 3.05) is 5.32 Å². The molecule has 124 valence electrons. The van der Waals surface area contributed by atoms with Crippen molar-refractivity contribution in [1.82, 2.24) is 19.9 Å². The highest BCUT2D eigenvalue weighted by molar-refractivity contribution is 7.15. The van der Waals surface area contributed by atoms with Gasteiger partial charge in [-0.1, -0.05) is 12.1 Å². The third-order valence-corrected chi connectivity index (χ3v) is 4.86. The van der Waals surface area contributed by atoms with Gasteiger partial charge in [-0.05, 0) is 38.1 Å². The van der Waals surface area contributed by atoms with Gasteiger partial charge in [-0.15, -0.1) is 11.3 Å². The van der Waals surface area contributed by atoms with E-state index < -0.39 is 0 Å². The summed E-state index contributed by atoms with van der Waals surface area (Å²) in [5, 5.41) is 3.79. The Morgan fingerprint density at radius 3 is 2.72 bits per heavy atom. The number of anilines is 1. The maximum absolute atomic E-state index is 12.6. The number of nitrogens with one attached hydrogen (secondary N) is 2. The van der Waals surface area contributed by atoms with Crippen LogP contribution in [0.4, 0.5) is 5.82 Å². The highest BCUT2D eigenvalue weighted by Gasteiger charge is 2.17. The number of carbonyl (C=O) groups excluding carboxylic acids is 1. The van der Waals surface area contributed by atoms with Crippen molar-refractivity contribution in [3.8, 4) is 10.7 Å². The number of aromatic amines is 1. The molecule has 2 N–H and O–H groups in total. The molecule has 0 saturated carbocycles. The zero-order chi connectivity index (χ0) is 17.4. The molecule has 4 aromatic rings. The van der Waals surface area contributed by atoms with Crippen LogP contribution in [-0.2, 0) is 0 Å². The van der Waals surface area contributed by atoms with Crippen LogP contribution in [0.15, 0.2) is 42.6 Å². The zero-order valence-electron chi connectivity index (χ0n) is 13.7. The van der Waals surface area contributed by atoms with Crippen LogP contribution in [0.3, 0.4) is 0 Å². The van der Waals surface area contributed by atoms with Gasteiger partial charge in [0, 0.05) is 6.20 Å². The summed E-state index contributed by atoms with van der Waals surface area (Å²) in [4.78, 5) is 30.1. The van der Waals surface area contributed by atoms with E-state index in [4.69, 9.17) is 0 Å². The number of imidazole rings is 1. The molecule has 0 fully saturated rings. The molecule has 0 aliphatic heterocycles. The highest BCUT2D eigenvalue weighted by atomic mass is 32.1. The molecule has 6 nitrogen and oxygen atoms in total. The second kappa shape index (κ2) is 6.10. The van der Waals surface area contributed by atoms with E-state index in [-0.39, 0.29) is 5.91 Å². The lowest BCUT2D eigenvalue weighted by Crippen LogP contribution is -2.13. The van der Waals surface area contributed by atoms with Crippen molar-refractivity contribution in [2.24, 2.45) is 0 Å². The molecule has 4 rings (SSSR count). The number of amides is 1. The molecule has 1 amide bonds. The fourth-order valence-corrected chi connectivity index (χ4v) is 3.56. The Kier molecular flexibility index (Phi) is 3.77. The fraction of sp³-hybridized carbons (Fsp3) is 0.111. The molecule has 1 aromatic carbocycles. The minimum atomic E-state index is -0.237. The topological polar surface area (TPSA) is 83.6 Å². The first kappa shape index (κ1) is 15.5. The van der Waals surface area contributed by atoms with Crippen LogP contribution in [0.5, 0.6) is 0 Å². The predicted octanol–water partition coefficient (Wildman–Crippen LogP) is 3.95. The average Bonchev–Trinajstić information content (AvgIpc) is 3.17. The van der Waals surface area contributed by atoms with Gasteiger partial charge < -0.3 is 10.3 Å². The molecule has 3 aromatic heterocycles. The molecule has 0 atom stereocenters. The number of H-pyrrole nitrogens is 1. The number of nitrogens with zero attached hydrogens (tertiary/aromatic N) is 3. The van der Waals surface area contributed by atoms with Gasteiger partial charge in [0.1, 0.15) is 11.3 Å². The second-order valence-corrected chi connectivity index (χ2v) is 6.81. The minimum Gasteiger partial charge on any atom is -0.337 e. The number of benzene rings is 1. The summed E-state index contributed by atoms with van der Waals surface area (Å²) in [6.07, 6.45) is 1.64. The van der Waals surface area contributed by atoms with Crippen LogP contribution < -0.4 is 5.32 Å². The van der Waals surface area contributed by atoms with Crippen LogP contribution in [0.2, 0.25) is 0 Å². The Hall–Kier alpha value is -3.06. The molecule has 0 saturated heterocycles. The van der Waals surface area contributed by atoms with E-state index in [1.165, 1.54) is 0 Å². The maximum atomic E-state index is 12.6. The average molecular weight is 349 g/mol. The van der Waals surface area contributed by atoms with Crippen molar-refractivity contribution in [3.63, 3.8) is 0 Å². The monoisotopic (exact) mass is 349 g/mol. The van der Waals surface area contributed by atoms with Crippen LogP contribution >= 0.6 is 11.3 Å². The van der Waals surface area contributed by atoms with E-state index in [0.717, 1.165) is 26.9 Å². The number of para-hydroxylation sites is 1. The zero-order valence-corrected chi connectivity index (χ0v) is 14.5.